The molecule has 1 atom stereocenters. The number of benzene rings is 1. The van der Waals surface area contributed by atoms with Crippen LogP contribution in [-0.4, -0.2) is 48.3 Å². The monoisotopic (exact) mass is 338 g/mol. The van der Waals surface area contributed by atoms with Gasteiger partial charge in [0, 0.05) is 25.3 Å². The summed E-state index contributed by atoms with van der Waals surface area (Å²) < 4.78 is 1.96. The Kier molecular flexibility index (Phi) is 3.89. The minimum atomic E-state index is -0.906. The van der Waals surface area contributed by atoms with Crippen LogP contribution in [0.2, 0.25) is 0 Å². The molecule has 4 rings (SSSR count). The molecule has 0 amide bonds. The van der Waals surface area contributed by atoms with Crippen molar-refractivity contribution in [3.63, 3.8) is 0 Å². The minimum Gasteiger partial charge on any atom is -0.382 e. The second-order valence-electron chi connectivity index (χ2n) is 6.85. The van der Waals surface area contributed by atoms with Gasteiger partial charge in [0.1, 0.15) is 11.3 Å². The van der Waals surface area contributed by atoms with Gasteiger partial charge in [-0.1, -0.05) is 12.1 Å². The first-order valence-corrected chi connectivity index (χ1v) is 8.47. The van der Waals surface area contributed by atoms with Gasteiger partial charge in [-0.2, -0.15) is 20.5 Å². The predicted octanol–water partition coefficient (Wildman–Crippen LogP) is 1.70. The molecule has 2 aromatic heterocycles. The number of nitrogens with one attached hydrogen (secondary N) is 1. The van der Waals surface area contributed by atoms with E-state index in [0.717, 1.165) is 30.2 Å². The van der Waals surface area contributed by atoms with E-state index in [-0.39, 0.29) is 0 Å². The van der Waals surface area contributed by atoms with Crippen LogP contribution >= 0.6 is 0 Å². The molecule has 130 valence electrons. The molecule has 1 aliphatic rings. The van der Waals surface area contributed by atoms with Crippen LogP contribution in [0.3, 0.4) is 0 Å². The Morgan fingerprint density at radius 2 is 2.04 bits per heavy atom. The van der Waals surface area contributed by atoms with Gasteiger partial charge in [-0.05, 0) is 44.0 Å². The van der Waals surface area contributed by atoms with Crippen LogP contribution in [-0.2, 0) is 12.1 Å². The van der Waals surface area contributed by atoms with Crippen molar-refractivity contribution in [3.8, 4) is 5.69 Å². The lowest BCUT2D eigenvalue weighted by Crippen LogP contribution is -2.31. The van der Waals surface area contributed by atoms with Gasteiger partial charge < -0.3 is 5.11 Å². The Bertz CT molecular complexity index is 854. The van der Waals surface area contributed by atoms with Crippen molar-refractivity contribution >= 4 is 0 Å². The highest BCUT2D eigenvalue weighted by molar-refractivity contribution is 5.36. The van der Waals surface area contributed by atoms with Crippen LogP contribution < -0.4 is 0 Å². The van der Waals surface area contributed by atoms with Crippen molar-refractivity contribution in [2.45, 2.75) is 32.4 Å². The minimum absolute atomic E-state index is 0.568. The van der Waals surface area contributed by atoms with Crippen LogP contribution in [0.5, 0.6) is 0 Å². The van der Waals surface area contributed by atoms with Crippen molar-refractivity contribution in [2.75, 3.05) is 13.1 Å². The Labute approximate surface area is 146 Å². The zero-order valence-corrected chi connectivity index (χ0v) is 14.5. The van der Waals surface area contributed by atoms with Crippen LogP contribution in [0.15, 0.2) is 36.5 Å². The fraction of sp³-hybridized carbons (Fsp3) is 0.389. The van der Waals surface area contributed by atoms with Crippen molar-refractivity contribution < 1.29 is 5.11 Å². The average molecular weight is 338 g/mol. The summed E-state index contributed by atoms with van der Waals surface area (Å²) in [6.07, 6.45) is 2.27. The first-order valence-electron chi connectivity index (χ1n) is 8.47. The standard InChI is InChI=1S/C18H22N6O/c1-13-9-14(2)24(21-13)16-5-3-15(4-6-16)11-23-8-7-18(25,12-23)17-10-19-22-20-17/h3-6,9-10,25H,7-8,11-12H2,1-2H3,(H,19,20,22). The fourth-order valence-electron chi connectivity index (χ4n) is 3.53. The normalized spacial score (nSPS) is 21.1. The van der Waals surface area contributed by atoms with Crippen molar-refractivity contribution in [2.24, 2.45) is 0 Å². The van der Waals surface area contributed by atoms with Gasteiger partial charge in [-0.15, -0.1) is 0 Å². The molecule has 1 aromatic carbocycles. The number of aryl methyl sites for hydroxylation is 2. The summed E-state index contributed by atoms with van der Waals surface area (Å²) in [5, 5.41) is 25.7. The molecular formula is C18H22N6O. The van der Waals surface area contributed by atoms with E-state index in [2.05, 4.69) is 62.7 Å². The largest absolute Gasteiger partial charge is 0.382 e. The molecule has 1 saturated heterocycles. The average Bonchev–Trinajstić information content (AvgIpc) is 3.30. The van der Waals surface area contributed by atoms with Crippen LogP contribution in [0, 0.1) is 13.8 Å². The van der Waals surface area contributed by atoms with Gasteiger partial charge in [-0.3, -0.25) is 4.90 Å². The molecule has 3 heterocycles. The van der Waals surface area contributed by atoms with Crippen LogP contribution in [0.25, 0.3) is 5.69 Å². The zero-order valence-electron chi connectivity index (χ0n) is 14.5. The Hall–Kier alpha value is -2.51. The van der Waals surface area contributed by atoms with Gasteiger partial charge in [-0.25, -0.2) is 4.68 Å². The smallest absolute Gasteiger partial charge is 0.124 e. The molecule has 1 unspecified atom stereocenters. The summed E-state index contributed by atoms with van der Waals surface area (Å²) in [7, 11) is 0. The number of nitrogens with zero attached hydrogens (tertiary/aromatic N) is 5. The lowest BCUT2D eigenvalue weighted by atomic mass is 10.00. The fourth-order valence-corrected chi connectivity index (χ4v) is 3.53. The van der Waals surface area contributed by atoms with Crippen molar-refractivity contribution in [1.82, 2.24) is 30.1 Å². The highest BCUT2D eigenvalue weighted by atomic mass is 16.3. The number of aliphatic hydroxyl groups is 1. The number of H-pyrrole nitrogens is 1. The number of hydrogen-bond donors (Lipinski definition) is 2. The summed E-state index contributed by atoms with van der Waals surface area (Å²) in [5.41, 5.74) is 4.14. The molecule has 25 heavy (non-hydrogen) atoms. The third-order valence-corrected chi connectivity index (χ3v) is 4.82. The Balaban J connectivity index is 1.45. The Morgan fingerprint density at radius 3 is 2.68 bits per heavy atom. The number of likely N-dealkylation sites (tertiary alicyclic amines) is 1. The van der Waals surface area contributed by atoms with Gasteiger partial charge in [0.05, 0.1) is 17.6 Å². The molecule has 0 saturated carbocycles. The first kappa shape index (κ1) is 16.0. The van der Waals surface area contributed by atoms with E-state index in [1.165, 1.54) is 5.56 Å². The Morgan fingerprint density at radius 1 is 1.24 bits per heavy atom. The van der Waals surface area contributed by atoms with Crippen molar-refractivity contribution in [1.29, 1.82) is 0 Å². The number of aromatic amines is 1. The quantitative estimate of drug-likeness (QED) is 0.756. The molecular weight excluding hydrogens is 316 g/mol. The third-order valence-electron chi connectivity index (χ3n) is 4.82. The maximum absolute atomic E-state index is 10.7. The number of β-amino-alcohol motifs (C(OH)–C–C–N with tert-alkyl or cyclic N) is 1. The van der Waals surface area contributed by atoms with E-state index in [4.69, 9.17) is 0 Å². The summed E-state index contributed by atoms with van der Waals surface area (Å²) >= 11 is 0. The van der Waals surface area contributed by atoms with Gasteiger partial charge >= 0.3 is 0 Å². The van der Waals surface area contributed by atoms with Gasteiger partial charge in [0.25, 0.3) is 0 Å². The molecule has 0 spiro atoms. The molecule has 0 bridgehead atoms. The van der Waals surface area contributed by atoms with E-state index in [9.17, 15) is 5.11 Å². The molecule has 0 aliphatic carbocycles. The molecule has 3 aromatic rings. The van der Waals surface area contributed by atoms with E-state index in [0.29, 0.717) is 18.7 Å². The topological polar surface area (TPSA) is 82.9 Å². The van der Waals surface area contributed by atoms with Crippen LogP contribution in [0.4, 0.5) is 0 Å². The SMILES string of the molecule is Cc1cc(C)n(-c2ccc(CN3CCC(O)(c4cn[nH]n4)C3)cc2)n1. The predicted molar refractivity (Wildman–Crippen MR) is 93.2 cm³/mol. The number of rotatable bonds is 4. The molecule has 1 fully saturated rings. The van der Waals surface area contributed by atoms with Crippen LogP contribution in [0.1, 0.15) is 29.1 Å². The van der Waals surface area contributed by atoms with E-state index < -0.39 is 5.60 Å². The molecule has 7 nitrogen and oxygen atoms in total. The third kappa shape index (κ3) is 3.08. The summed E-state index contributed by atoms with van der Waals surface area (Å²) in [4.78, 5) is 2.24. The molecule has 2 N–H and O–H groups in total. The second kappa shape index (κ2) is 6.09. The molecule has 7 heteroatoms. The summed E-state index contributed by atoms with van der Waals surface area (Å²) in [6.45, 7) is 6.27. The maximum Gasteiger partial charge on any atom is 0.124 e. The lowest BCUT2D eigenvalue weighted by molar-refractivity contribution is 0.0409. The summed E-state index contributed by atoms with van der Waals surface area (Å²) in [6, 6.07) is 10.5. The van der Waals surface area contributed by atoms with Gasteiger partial charge in [0.2, 0.25) is 0 Å². The van der Waals surface area contributed by atoms with Crippen molar-refractivity contribution in [3.05, 3.63) is 59.2 Å². The highest BCUT2D eigenvalue weighted by Crippen LogP contribution is 2.31. The zero-order chi connectivity index (χ0) is 17.4. The van der Waals surface area contributed by atoms with E-state index >= 15 is 0 Å². The van der Waals surface area contributed by atoms with Gasteiger partial charge in [0.15, 0.2) is 0 Å². The highest BCUT2D eigenvalue weighted by Gasteiger charge is 2.39. The van der Waals surface area contributed by atoms with E-state index in [1.54, 1.807) is 6.20 Å². The number of hydrogen-bond acceptors (Lipinski definition) is 5. The second-order valence-corrected chi connectivity index (χ2v) is 6.85. The summed E-state index contributed by atoms with van der Waals surface area (Å²) in [5.74, 6) is 0. The maximum atomic E-state index is 10.7. The first-order chi connectivity index (χ1) is 12.0. The lowest BCUT2D eigenvalue weighted by Gasteiger charge is -2.21. The number of aromatic nitrogens is 5. The molecule has 1 aliphatic heterocycles. The molecule has 0 radical (unpaired) electrons. The van der Waals surface area contributed by atoms with E-state index in [1.807, 2.05) is 11.6 Å².